The predicted octanol–water partition coefficient (Wildman–Crippen LogP) is 1.31. The molecule has 0 amide bonds. The summed E-state index contributed by atoms with van der Waals surface area (Å²) in [5, 5.41) is 29.5. The Morgan fingerprint density at radius 3 is 2.53 bits per heavy atom. The van der Waals surface area contributed by atoms with Crippen molar-refractivity contribution in [3.05, 3.63) is 29.3 Å². The molecule has 1 heterocycles. The third-order valence-corrected chi connectivity index (χ3v) is 3.22. The van der Waals surface area contributed by atoms with E-state index in [1.807, 2.05) is 0 Å². The van der Waals surface area contributed by atoms with Gasteiger partial charge >= 0.3 is 0 Å². The van der Waals surface area contributed by atoms with Crippen molar-refractivity contribution in [2.45, 2.75) is 44.7 Å². The molecule has 0 aliphatic carbocycles. The molecule has 0 bridgehead atoms. The topological polar surface area (TPSA) is 69.9 Å². The third-order valence-electron chi connectivity index (χ3n) is 3.22. The summed E-state index contributed by atoms with van der Waals surface area (Å²) in [6, 6.07) is 5.14. The highest BCUT2D eigenvalue weighted by molar-refractivity contribution is 5.42. The van der Waals surface area contributed by atoms with Gasteiger partial charge in [0, 0.05) is 5.56 Å². The monoisotopic (exact) mass is 238 g/mol. The minimum absolute atomic E-state index is 0.523. The van der Waals surface area contributed by atoms with E-state index in [0.29, 0.717) is 16.9 Å². The number of hydrogen-bond donors (Lipinski definition) is 3. The van der Waals surface area contributed by atoms with Crippen molar-refractivity contribution in [3.63, 3.8) is 0 Å². The second kappa shape index (κ2) is 3.98. The zero-order valence-electron chi connectivity index (χ0n) is 10.2. The molecule has 0 spiro atoms. The van der Waals surface area contributed by atoms with Crippen molar-refractivity contribution in [1.29, 1.82) is 0 Å². The highest BCUT2D eigenvalue weighted by Gasteiger charge is 2.42. The SMILES string of the molecule is CC(O)c1ccc2c(c1)[C@@H](O)[C@H](O)C(C)(C)O2. The van der Waals surface area contributed by atoms with Crippen LogP contribution < -0.4 is 4.74 Å². The number of hydrogen-bond acceptors (Lipinski definition) is 4. The molecule has 1 aliphatic heterocycles. The molecule has 94 valence electrons. The second-order valence-corrected chi connectivity index (χ2v) is 5.07. The maximum atomic E-state index is 10.1. The molecular formula is C13H18O4. The maximum absolute atomic E-state index is 10.1. The highest BCUT2D eigenvalue weighted by atomic mass is 16.5. The van der Waals surface area contributed by atoms with Gasteiger partial charge in [-0.2, -0.15) is 0 Å². The lowest BCUT2D eigenvalue weighted by Gasteiger charge is -2.40. The van der Waals surface area contributed by atoms with E-state index >= 15 is 0 Å². The quantitative estimate of drug-likeness (QED) is 0.690. The van der Waals surface area contributed by atoms with Crippen LogP contribution in [0.4, 0.5) is 0 Å². The van der Waals surface area contributed by atoms with Gasteiger partial charge in [-0.3, -0.25) is 0 Å². The van der Waals surface area contributed by atoms with Gasteiger partial charge in [0.05, 0.1) is 6.10 Å². The largest absolute Gasteiger partial charge is 0.485 e. The molecule has 4 heteroatoms. The van der Waals surface area contributed by atoms with Crippen LogP contribution in [0, 0.1) is 0 Å². The van der Waals surface area contributed by atoms with Crippen LogP contribution in [-0.4, -0.2) is 27.0 Å². The molecule has 0 saturated heterocycles. The minimum atomic E-state index is -0.993. The van der Waals surface area contributed by atoms with Gasteiger partial charge < -0.3 is 20.1 Å². The van der Waals surface area contributed by atoms with E-state index in [1.165, 1.54) is 0 Å². The van der Waals surface area contributed by atoms with E-state index in [2.05, 4.69) is 0 Å². The Morgan fingerprint density at radius 1 is 1.29 bits per heavy atom. The van der Waals surface area contributed by atoms with E-state index in [4.69, 9.17) is 4.74 Å². The normalized spacial score (nSPS) is 28.1. The van der Waals surface area contributed by atoms with Crippen molar-refractivity contribution >= 4 is 0 Å². The molecule has 0 radical (unpaired) electrons. The molecule has 3 N–H and O–H groups in total. The Labute approximate surface area is 100 Å². The van der Waals surface area contributed by atoms with Crippen LogP contribution in [0.15, 0.2) is 18.2 Å². The molecular weight excluding hydrogens is 220 g/mol. The molecule has 0 aromatic heterocycles. The Bertz CT molecular complexity index is 425. The van der Waals surface area contributed by atoms with Gasteiger partial charge in [-0.25, -0.2) is 0 Å². The Morgan fingerprint density at radius 2 is 1.94 bits per heavy atom. The van der Waals surface area contributed by atoms with Gasteiger partial charge in [0.15, 0.2) is 0 Å². The fourth-order valence-electron chi connectivity index (χ4n) is 2.04. The Hall–Kier alpha value is -1.10. The molecule has 1 aliphatic rings. The predicted molar refractivity (Wildman–Crippen MR) is 62.7 cm³/mol. The number of rotatable bonds is 1. The van der Waals surface area contributed by atoms with Crippen LogP contribution in [0.1, 0.15) is 44.1 Å². The number of aliphatic hydroxyl groups excluding tert-OH is 3. The minimum Gasteiger partial charge on any atom is -0.485 e. The standard InChI is InChI=1S/C13H18O4/c1-7(14)8-4-5-10-9(6-8)11(15)12(16)13(2,3)17-10/h4-7,11-12,14-16H,1-3H3/t7?,11-,12+/m1/s1. The van der Waals surface area contributed by atoms with E-state index in [1.54, 1.807) is 39.0 Å². The zero-order valence-corrected chi connectivity index (χ0v) is 10.2. The summed E-state index contributed by atoms with van der Waals surface area (Å²) in [6.45, 7) is 5.11. The van der Waals surface area contributed by atoms with Crippen LogP contribution in [-0.2, 0) is 0 Å². The van der Waals surface area contributed by atoms with E-state index < -0.39 is 23.9 Å². The van der Waals surface area contributed by atoms with Crippen molar-refractivity contribution < 1.29 is 20.1 Å². The molecule has 1 aromatic rings. The Kier molecular flexibility index (Phi) is 2.89. The molecule has 17 heavy (non-hydrogen) atoms. The lowest BCUT2D eigenvalue weighted by molar-refractivity contribution is -0.111. The lowest BCUT2D eigenvalue weighted by atomic mass is 9.87. The first-order valence-electron chi connectivity index (χ1n) is 5.70. The summed E-state index contributed by atoms with van der Waals surface area (Å²) in [6.07, 6.45) is -2.59. The van der Waals surface area contributed by atoms with E-state index in [0.717, 1.165) is 0 Å². The summed E-state index contributed by atoms with van der Waals surface area (Å²) in [7, 11) is 0. The lowest BCUT2D eigenvalue weighted by Crippen LogP contribution is -2.48. The van der Waals surface area contributed by atoms with Gasteiger partial charge in [-0.1, -0.05) is 6.07 Å². The van der Waals surface area contributed by atoms with Crippen LogP contribution in [0.5, 0.6) is 5.75 Å². The number of ether oxygens (including phenoxy) is 1. The number of fused-ring (bicyclic) bond motifs is 1. The molecule has 1 aromatic carbocycles. The van der Waals surface area contributed by atoms with Gasteiger partial charge in [0.2, 0.25) is 0 Å². The summed E-state index contributed by atoms with van der Waals surface area (Å²) < 4.78 is 5.65. The van der Waals surface area contributed by atoms with Crippen molar-refractivity contribution in [1.82, 2.24) is 0 Å². The van der Waals surface area contributed by atoms with Gasteiger partial charge in [-0.15, -0.1) is 0 Å². The highest BCUT2D eigenvalue weighted by Crippen LogP contribution is 2.40. The molecule has 0 saturated carbocycles. The first-order valence-corrected chi connectivity index (χ1v) is 5.70. The summed E-state index contributed by atoms with van der Waals surface area (Å²) in [5.74, 6) is 0.553. The van der Waals surface area contributed by atoms with Gasteiger partial charge in [-0.05, 0) is 38.5 Å². The first kappa shape index (κ1) is 12.4. The molecule has 1 unspecified atom stereocenters. The third kappa shape index (κ3) is 2.04. The van der Waals surface area contributed by atoms with Crippen molar-refractivity contribution in [3.8, 4) is 5.75 Å². The fourth-order valence-corrected chi connectivity index (χ4v) is 2.04. The number of benzene rings is 1. The van der Waals surface area contributed by atoms with E-state index in [-0.39, 0.29) is 0 Å². The first-order chi connectivity index (χ1) is 7.83. The van der Waals surface area contributed by atoms with Gasteiger partial charge in [0.25, 0.3) is 0 Å². The molecule has 4 nitrogen and oxygen atoms in total. The van der Waals surface area contributed by atoms with Gasteiger partial charge in [0.1, 0.15) is 23.6 Å². The fraction of sp³-hybridized carbons (Fsp3) is 0.538. The van der Waals surface area contributed by atoms with Crippen LogP contribution >= 0.6 is 0 Å². The molecule has 0 fully saturated rings. The van der Waals surface area contributed by atoms with Crippen LogP contribution in [0.3, 0.4) is 0 Å². The average molecular weight is 238 g/mol. The second-order valence-electron chi connectivity index (χ2n) is 5.07. The zero-order chi connectivity index (χ0) is 12.8. The average Bonchev–Trinajstić information content (AvgIpc) is 2.25. The summed E-state index contributed by atoms with van der Waals surface area (Å²) >= 11 is 0. The van der Waals surface area contributed by atoms with Crippen molar-refractivity contribution in [2.24, 2.45) is 0 Å². The van der Waals surface area contributed by atoms with Crippen molar-refractivity contribution in [2.75, 3.05) is 0 Å². The van der Waals surface area contributed by atoms with Crippen LogP contribution in [0.2, 0.25) is 0 Å². The molecule has 3 atom stereocenters. The Balaban J connectivity index is 2.47. The maximum Gasteiger partial charge on any atom is 0.132 e. The smallest absolute Gasteiger partial charge is 0.132 e. The summed E-state index contributed by atoms with van der Waals surface area (Å²) in [4.78, 5) is 0. The number of aliphatic hydroxyl groups is 3. The summed E-state index contributed by atoms with van der Waals surface area (Å²) in [5.41, 5.74) is 0.396. The van der Waals surface area contributed by atoms with Crippen LogP contribution in [0.25, 0.3) is 0 Å². The van der Waals surface area contributed by atoms with E-state index in [9.17, 15) is 15.3 Å². The molecule has 2 rings (SSSR count).